The molecule has 1 atom stereocenters. The zero-order valence-corrected chi connectivity index (χ0v) is 19.9. The predicted octanol–water partition coefficient (Wildman–Crippen LogP) is 5.11. The van der Waals surface area contributed by atoms with Crippen molar-refractivity contribution in [3.63, 3.8) is 0 Å². The maximum Gasteiger partial charge on any atom is 0.410 e. The SMILES string of the molecule is Cc1cc(Nc2cc(C3CCCN(C(=O)OC(C)(C)C)C3)nc3c(Br)cnn23)sn1. The fourth-order valence-corrected chi connectivity index (χ4v) is 4.53. The molecule has 0 aliphatic carbocycles. The van der Waals surface area contributed by atoms with Gasteiger partial charge < -0.3 is 15.0 Å². The van der Waals surface area contributed by atoms with Crippen LogP contribution in [0.3, 0.4) is 0 Å². The summed E-state index contributed by atoms with van der Waals surface area (Å²) in [7, 11) is 0. The second-order valence-corrected chi connectivity index (χ2v) is 10.2. The van der Waals surface area contributed by atoms with Gasteiger partial charge >= 0.3 is 6.09 Å². The third-order valence-corrected chi connectivity index (χ3v) is 6.17. The number of amides is 1. The lowest BCUT2D eigenvalue weighted by Crippen LogP contribution is -2.42. The van der Waals surface area contributed by atoms with Crippen LogP contribution in [0.5, 0.6) is 0 Å². The van der Waals surface area contributed by atoms with E-state index in [-0.39, 0.29) is 12.0 Å². The summed E-state index contributed by atoms with van der Waals surface area (Å²) in [6.45, 7) is 8.92. The first-order valence-corrected chi connectivity index (χ1v) is 11.5. The molecule has 8 nitrogen and oxygen atoms in total. The Kier molecular flexibility index (Phi) is 5.71. The summed E-state index contributed by atoms with van der Waals surface area (Å²) in [6, 6.07) is 4.02. The number of aryl methyl sites for hydroxylation is 1. The number of carbonyl (C=O) groups is 1. The first-order chi connectivity index (χ1) is 14.2. The van der Waals surface area contributed by atoms with Gasteiger partial charge in [0.05, 0.1) is 22.1 Å². The highest BCUT2D eigenvalue weighted by Crippen LogP contribution is 2.31. The van der Waals surface area contributed by atoms with Crippen LogP contribution in [-0.2, 0) is 4.74 Å². The van der Waals surface area contributed by atoms with E-state index >= 15 is 0 Å². The van der Waals surface area contributed by atoms with E-state index in [4.69, 9.17) is 9.72 Å². The summed E-state index contributed by atoms with van der Waals surface area (Å²) in [5, 5.41) is 8.79. The maximum absolute atomic E-state index is 12.6. The molecule has 1 aliphatic rings. The molecule has 30 heavy (non-hydrogen) atoms. The summed E-state index contributed by atoms with van der Waals surface area (Å²) in [5.74, 6) is 0.945. The van der Waals surface area contributed by atoms with Gasteiger partial charge in [0.1, 0.15) is 16.4 Å². The second-order valence-electron chi connectivity index (χ2n) is 8.52. The van der Waals surface area contributed by atoms with E-state index < -0.39 is 5.60 Å². The highest BCUT2D eigenvalue weighted by molar-refractivity contribution is 9.10. The quantitative estimate of drug-likeness (QED) is 0.546. The zero-order valence-electron chi connectivity index (χ0n) is 17.5. The van der Waals surface area contributed by atoms with Crippen LogP contribution in [0.4, 0.5) is 15.6 Å². The van der Waals surface area contributed by atoms with Crippen LogP contribution in [0, 0.1) is 6.92 Å². The van der Waals surface area contributed by atoms with Gasteiger partial charge in [0.2, 0.25) is 0 Å². The minimum absolute atomic E-state index is 0.127. The monoisotopic (exact) mass is 492 g/mol. The number of likely N-dealkylation sites (tertiary alicyclic amines) is 1. The summed E-state index contributed by atoms with van der Waals surface area (Å²) < 4.78 is 12.5. The van der Waals surface area contributed by atoms with Gasteiger partial charge in [0.25, 0.3) is 0 Å². The van der Waals surface area contributed by atoms with Gasteiger partial charge in [-0.25, -0.2) is 9.78 Å². The highest BCUT2D eigenvalue weighted by atomic mass is 79.9. The van der Waals surface area contributed by atoms with Crippen molar-refractivity contribution in [3.05, 3.63) is 34.2 Å². The fraction of sp³-hybridized carbons (Fsp3) is 0.500. The van der Waals surface area contributed by atoms with E-state index in [0.717, 1.165) is 45.2 Å². The van der Waals surface area contributed by atoms with Gasteiger partial charge in [-0.3, -0.25) is 0 Å². The average molecular weight is 493 g/mol. The number of nitrogens with zero attached hydrogens (tertiary/aromatic N) is 5. The van der Waals surface area contributed by atoms with Crippen molar-refractivity contribution < 1.29 is 9.53 Å². The standard InChI is InChI=1S/C20H25BrN6O2S/c1-12-8-17(30-25-12)24-16-9-15(23-18-14(21)10-22-27(16)18)13-6-5-7-26(11-13)19(28)29-20(2,3)4/h8-10,13,24H,5-7,11H2,1-4H3. The number of ether oxygens (including phenoxy) is 1. The van der Waals surface area contributed by atoms with Crippen molar-refractivity contribution in [1.29, 1.82) is 0 Å². The molecule has 1 unspecified atom stereocenters. The van der Waals surface area contributed by atoms with Gasteiger partial charge in [-0.1, -0.05) is 0 Å². The Morgan fingerprint density at radius 3 is 2.87 bits per heavy atom. The van der Waals surface area contributed by atoms with Gasteiger partial charge in [0, 0.05) is 25.1 Å². The molecular weight excluding hydrogens is 468 g/mol. The Morgan fingerprint density at radius 1 is 1.37 bits per heavy atom. The summed E-state index contributed by atoms with van der Waals surface area (Å²) >= 11 is 4.96. The molecule has 3 aromatic rings. The molecule has 1 aliphatic heterocycles. The summed E-state index contributed by atoms with van der Waals surface area (Å²) in [5.41, 5.74) is 2.13. The van der Waals surface area contributed by atoms with E-state index in [1.165, 1.54) is 11.5 Å². The van der Waals surface area contributed by atoms with E-state index in [9.17, 15) is 4.79 Å². The molecule has 0 saturated carbocycles. The molecule has 1 saturated heterocycles. The summed E-state index contributed by atoms with van der Waals surface area (Å²) in [4.78, 5) is 19.2. The van der Waals surface area contributed by atoms with Crippen molar-refractivity contribution in [2.75, 3.05) is 18.4 Å². The molecule has 0 radical (unpaired) electrons. The average Bonchev–Trinajstić information content (AvgIpc) is 3.26. The number of anilines is 2. The molecule has 160 valence electrons. The lowest BCUT2D eigenvalue weighted by molar-refractivity contribution is 0.0197. The lowest BCUT2D eigenvalue weighted by atomic mass is 9.94. The Hall–Kier alpha value is -2.20. The third kappa shape index (κ3) is 4.59. The molecule has 4 heterocycles. The smallest absolute Gasteiger partial charge is 0.410 e. The zero-order chi connectivity index (χ0) is 21.5. The van der Waals surface area contributed by atoms with Crippen molar-refractivity contribution >= 4 is 50.0 Å². The molecule has 1 N–H and O–H groups in total. The molecule has 0 bridgehead atoms. The highest BCUT2D eigenvalue weighted by Gasteiger charge is 2.29. The normalized spacial score (nSPS) is 17.4. The second kappa shape index (κ2) is 8.14. The topological polar surface area (TPSA) is 84.7 Å². The van der Waals surface area contributed by atoms with Crippen LogP contribution in [0.25, 0.3) is 5.65 Å². The number of carbonyl (C=O) groups excluding carboxylic acids is 1. The largest absolute Gasteiger partial charge is 0.444 e. The Balaban J connectivity index is 1.63. The fourth-order valence-electron chi connectivity index (χ4n) is 3.51. The molecular formula is C20H25BrN6O2S. The molecule has 0 spiro atoms. The van der Waals surface area contributed by atoms with Crippen molar-refractivity contribution in [3.8, 4) is 0 Å². The molecule has 4 rings (SSSR count). The molecule has 1 amide bonds. The first-order valence-electron chi connectivity index (χ1n) is 9.92. The molecule has 0 aromatic carbocycles. The van der Waals surface area contributed by atoms with E-state index in [1.807, 2.05) is 39.8 Å². The Bertz CT molecular complexity index is 1070. The van der Waals surface area contributed by atoms with Crippen LogP contribution >= 0.6 is 27.5 Å². The van der Waals surface area contributed by atoms with E-state index in [0.29, 0.717) is 13.1 Å². The number of aromatic nitrogens is 4. The number of halogens is 1. The van der Waals surface area contributed by atoms with Crippen LogP contribution < -0.4 is 5.32 Å². The van der Waals surface area contributed by atoms with Gasteiger partial charge in [0.15, 0.2) is 5.65 Å². The number of rotatable bonds is 3. The number of fused-ring (bicyclic) bond motifs is 1. The van der Waals surface area contributed by atoms with Crippen molar-refractivity contribution in [2.24, 2.45) is 0 Å². The van der Waals surface area contributed by atoms with E-state index in [1.54, 1.807) is 15.6 Å². The Labute approximate surface area is 187 Å². The van der Waals surface area contributed by atoms with Crippen LogP contribution in [0.15, 0.2) is 22.8 Å². The number of nitrogens with one attached hydrogen (secondary N) is 1. The van der Waals surface area contributed by atoms with Gasteiger partial charge in [-0.05, 0) is 74.1 Å². The van der Waals surface area contributed by atoms with Gasteiger partial charge in [-0.15, -0.1) is 0 Å². The van der Waals surface area contributed by atoms with Crippen LogP contribution in [0.1, 0.15) is 50.9 Å². The number of hydrogen-bond donors (Lipinski definition) is 1. The summed E-state index contributed by atoms with van der Waals surface area (Å²) in [6.07, 6.45) is 3.35. The molecule has 3 aromatic heterocycles. The van der Waals surface area contributed by atoms with Crippen molar-refractivity contribution in [2.45, 2.75) is 52.1 Å². The lowest BCUT2D eigenvalue weighted by Gasteiger charge is -2.34. The van der Waals surface area contributed by atoms with E-state index in [2.05, 4.69) is 30.7 Å². The van der Waals surface area contributed by atoms with Crippen LogP contribution in [-0.4, -0.2) is 48.7 Å². The minimum Gasteiger partial charge on any atom is -0.444 e. The first kappa shape index (κ1) is 21.0. The molecule has 1 fully saturated rings. The predicted molar refractivity (Wildman–Crippen MR) is 121 cm³/mol. The third-order valence-electron chi connectivity index (χ3n) is 4.82. The minimum atomic E-state index is -0.506. The van der Waals surface area contributed by atoms with Gasteiger partial charge in [-0.2, -0.15) is 14.0 Å². The molecule has 10 heteroatoms. The number of piperidine rings is 1. The Morgan fingerprint density at radius 2 is 2.17 bits per heavy atom. The number of hydrogen-bond acceptors (Lipinski definition) is 7. The van der Waals surface area contributed by atoms with Crippen molar-refractivity contribution in [1.82, 2.24) is 23.9 Å². The maximum atomic E-state index is 12.6. The van der Waals surface area contributed by atoms with Crippen LogP contribution in [0.2, 0.25) is 0 Å².